The maximum atomic E-state index is 3.00. The van der Waals surface area contributed by atoms with Crippen molar-refractivity contribution in [2.45, 2.75) is 19.8 Å². The Labute approximate surface area is 57.4 Å². The molecule has 0 aromatic heterocycles. The van der Waals surface area contributed by atoms with Crippen LogP contribution < -0.4 is 0 Å². The van der Waals surface area contributed by atoms with Crippen LogP contribution in [0.3, 0.4) is 0 Å². The van der Waals surface area contributed by atoms with Crippen LogP contribution in [0, 0.1) is 0 Å². The number of hydrogen-bond donors (Lipinski definition) is 0. The van der Waals surface area contributed by atoms with Crippen molar-refractivity contribution in [1.82, 2.24) is 0 Å². The van der Waals surface area contributed by atoms with Crippen molar-refractivity contribution in [3.8, 4) is 0 Å². The molecule has 0 N–H and O–H groups in total. The van der Waals surface area contributed by atoms with Crippen molar-refractivity contribution >= 4 is 11.8 Å². The SMILES string of the molecule is C=C.CCCCSC. The molecule has 0 saturated heterocycles. The van der Waals surface area contributed by atoms with Gasteiger partial charge in [0, 0.05) is 0 Å². The first-order chi connectivity index (χ1) is 3.91. The molecule has 0 nitrogen and oxygen atoms in total. The van der Waals surface area contributed by atoms with Gasteiger partial charge in [-0.25, -0.2) is 0 Å². The molecule has 0 amide bonds. The predicted octanol–water partition coefficient (Wildman–Crippen LogP) is 2.95. The summed E-state index contributed by atoms with van der Waals surface area (Å²) in [6.45, 7) is 8.22. The predicted molar refractivity (Wildman–Crippen MR) is 44.5 cm³/mol. The van der Waals surface area contributed by atoms with Crippen LogP contribution in [0.2, 0.25) is 0 Å². The van der Waals surface area contributed by atoms with Crippen LogP contribution in [0.1, 0.15) is 19.8 Å². The third-order valence-electron chi connectivity index (χ3n) is 0.702. The van der Waals surface area contributed by atoms with Crippen LogP contribution in [0.4, 0.5) is 0 Å². The highest BCUT2D eigenvalue weighted by atomic mass is 32.2. The smallest absolute Gasteiger partial charge is 0.00704 e. The number of thioether (sulfide) groups is 1. The summed E-state index contributed by atoms with van der Waals surface area (Å²) in [5.41, 5.74) is 0. The van der Waals surface area contributed by atoms with Crippen LogP contribution in [0.15, 0.2) is 13.2 Å². The Bertz CT molecular complexity index is 23.6. The lowest BCUT2D eigenvalue weighted by molar-refractivity contribution is 0.897. The Morgan fingerprint density at radius 2 is 1.88 bits per heavy atom. The molecule has 0 aliphatic heterocycles. The molecule has 0 aromatic rings. The minimum Gasteiger partial charge on any atom is -0.165 e. The molecule has 0 aliphatic carbocycles. The van der Waals surface area contributed by atoms with Crippen molar-refractivity contribution in [1.29, 1.82) is 0 Å². The minimum absolute atomic E-state index is 1.33. The summed E-state index contributed by atoms with van der Waals surface area (Å²) in [5.74, 6) is 1.33. The van der Waals surface area contributed by atoms with E-state index in [-0.39, 0.29) is 0 Å². The highest BCUT2D eigenvalue weighted by Crippen LogP contribution is 1.96. The molecular weight excluding hydrogens is 116 g/mol. The van der Waals surface area contributed by atoms with Gasteiger partial charge in [-0.05, 0) is 18.4 Å². The third-order valence-corrected chi connectivity index (χ3v) is 1.40. The summed E-state index contributed by atoms with van der Waals surface area (Å²) < 4.78 is 0. The fourth-order valence-corrected chi connectivity index (χ4v) is 0.866. The fraction of sp³-hybridized carbons (Fsp3) is 0.714. The summed E-state index contributed by atoms with van der Waals surface area (Å²) >= 11 is 1.93. The van der Waals surface area contributed by atoms with Crippen molar-refractivity contribution in [3.05, 3.63) is 13.2 Å². The topological polar surface area (TPSA) is 0 Å². The standard InChI is InChI=1S/C5H12S.C2H4/c1-3-4-5-6-2;1-2/h3-5H2,1-2H3;1-2H2. The van der Waals surface area contributed by atoms with Gasteiger partial charge in [-0.2, -0.15) is 11.8 Å². The molecule has 0 aliphatic rings. The minimum atomic E-state index is 1.33. The van der Waals surface area contributed by atoms with Gasteiger partial charge in [0.25, 0.3) is 0 Å². The van der Waals surface area contributed by atoms with E-state index in [1.54, 1.807) is 0 Å². The molecule has 50 valence electrons. The normalized spacial score (nSPS) is 7.25. The zero-order valence-electron chi connectivity index (χ0n) is 5.94. The van der Waals surface area contributed by atoms with E-state index in [0.29, 0.717) is 0 Å². The molecule has 0 atom stereocenters. The Morgan fingerprint density at radius 3 is 2.00 bits per heavy atom. The van der Waals surface area contributed by atoms with Gasteiger partial charge >= 0.3 is 0 Å². The molecule has 0 fully saturated rings. The van der Waals surface area contributed by atoms with E-state index in [0.717, 1.165) is 0 Å². The van der Waals surface area contributed by atoms with E-state index < -0.39 is 0 Å². The first kappa shape index (κ1) is 11.0. The largest absolute Gasteiger partial charge is 0.165 e. The molecule has 8 heavy (non-hydrogen) atoms. The quantitative estimate of drug-likeness (QED) is 0.420. The molecule has 0 bridgehead atoms. The average Bonchev–Trinajstić information content (AvgIpc) is 1.88. The van der Waals surface area contributed by atoms with Crippen LogP contribution in [0.25, 0.3) is 0 Å². The molecule has 0 rings (SSSR count). The van der Waals surface area contributed by atoms with Gasteiger partial charge in [0.2, 0.25) is 0 Å². The first-order valence-electron chi connectivity index (χ1n) is 2.90. The highest BCUT2D eigenvalue weighted by Gasteiger charge is 1.75. The third kappa shape index (κ3) is 16.5. The van der Waals surface area contributed by atoms with E-state index in [4.69, 9.17) is 0 Å². The van der Waals surface area contributed by atoms with Crippen LogP contribution in [0.5, 0.6) is 0 Å². The molecule has 1 heteroatoms. The second-order valence-corrected chi connectivity index (χ2v) is 2.33. The molecule has 0 unspecified atom stereocenters. The lowest BCUT2D eigenvalue weighted by atomic mass is 10.4. The van der Waals surface area contributed by atoms with Crippen molar-refractivity contribution in [2.75, 3.05) is 12.0 Å². The van der Waals surface area contributed by atoms with E-state index in [2.05, 4.69) is 26.3 Å². The van der Waals surface area contributed by atoms with Crippen LogP contribution in [-0.2, 0) is 0 Å². The second-order valence-electron chi connectivity index (χ2n) is 1.35. The van der Waals surface area contributed by atoms with Gasteiger partial charge in [-0.3, -0.25) is 0 Å². The molecular formula is C7H16S. The van der Waals surface area contributed by atoms with E-state index in [9.17, 15) is 0 Å². The number of hydrogen-bond acceptors (Lipinski definition) is 1. The monoisotopic (exact) mass is 132 g/mol. The zero-order valence-corrected chi connectivity index (χ0v) is 6.76. The van der Waals surface area contributed by atoms with Gasteiger partial charge in [-0.1, -0.05) is 13.3 Å². The summed E-state index contributed by atoms with van der Waals surface area (Å²) in [4.78, 5) is 0. The Hall–Kier alpha value is 0.0900. The maximum absolute atomic E-state index is 3.00. The summed E-state index contributed by atoms with van der Waals surface area (Å²) in [5, 5.41) is 0. The lowest BCUT2D eigenvalue weighted by Gasteiger charge is -1.86. The number of unbranched alkanes of at least 4 members (excludes halogenated alkanes) is 1. The van der Waals surface area contributed by atoms with Gasteiger partial charge in [0.15, 0.2) is 0 Å². The van der Waals surface area contributed by atoms with Crippen LogP contribution >= 0.6 is 11.8 Å². The molecule has 0 spiro atoms. The fourth-order valence-electron chi connectivity index (χ4n) is 0.289. The van der Waals surface area contributed by atoms with Gasteiger partial charge < -0.3 is 0 Å². The van der Waals surface area contributed by atoms with Crippen molar-refractivity contribution in [3.63, 3.8) is 0 Å². The maximum Gasteiger partial charge on any atom is -0.00704 e. The van der Waals surface area contributed by atoms with Crippen molar-refractivity contribution in [2.24, 2.45) is 0 Å². The lowest BCUT2D eigenvalue weighted by Crippen LogP contribution is -1.71. The van der Waals surface area contributed by atoms with E-state index >= 15 is 0 Å². The van der Waals surface area contributed by atoms with E-state index in [1.165, 1.54) is 18.6 Å². The Balaban J connectivity index is 0. The number of rotatable bonds is 3. The first-order valence-corrected chi connectivity index (χ1v) is 4.30. The molecule has 0 radical (unpaired) electrons. The van der Waals surface area contributed by atoms with Gasteiger partial charge in [0.1, 0.15) is 0 Å². The Morgan fingerprint density at radius 1 is 1.38 bits per heavy atom. The summed E-state index contributed by atoms with van der Waals surface area (Å²) in [7, 11) is 0. The van der Waals surface area contributed by atoms with Gasteiger partial charge in [-0.15, -0.1) is 13.2 Å². The Kier molecular flexibility index (Phi) is 21.5. The summed E-state index contributed by atoms with van der Waals surface area (Å²) in [6, 6.07) is 0. The van der Waals surface area contributed by atoms with Gasteiger partial charge in [0.05, 0.1) is 0 Å². The molecule has 0 saturated carbocycles. The van der Waals surface area contributed by atoms with Crippen molar-refractivity contribution < 1.29 is 0 Å². The average molecular weight is 132 g/mol. The zero-order chi connectivity index (χ0) is 6.83. The van der Waals surface area contributed by atoms with E-state index in [1.807, 2.05) is 11.8 Å². The molecule has 0 heterocycles. The summed E-state index contributed by atoms with van der Waals surface area (Å²) in [6.07, 6.45) is 4.86. The highest BCUT2D eigenvalue weighted by molar-refractivity contribution is 7.98. The molecule has 0 aromatic carbocycles. The second kappa shape index (κ2) is 15.7. The van der Waals surface area contributed by atoms with Crippen LogP contribution in [-0.4, -0.2) is 12.0 Å².